The van der Waals surface area contributed by atoms with Crippen molar-refractivity contribution in [3.63, 3.8) is 0 Å². The largest absolute Gasteiger partial charge is 0.393 e. The molecular weight excluding hydrogens is 236 g/mol. The van der Waals surface area contributed by atoms with E-state index < -0.39 is 0 Å². The van der Waals surface area contributed by atoms with Gasteiger partial charge in [-0.1, -0.05) is 25.4 Å². The Labute approximate surface area is 109 Å². The first kappa shape index (κ1) is 14.5. The molecule has 98 valence electrons. The van der Waals surface area contributed by atoms with Gasteiger partial charge in [-0.3, -0.25) is 4.68 Å². The van der Waals surface area contributed by atoms with Crippen LogP contribution in [0, 0.1) is 0 Å². The number of aromatic nitrogens is 2. The minimum absolute atomic E-state index is 0.183. The number of halogens is 1. The monoisotopic (exact) mass is 258 g/mol. The summed E-state index contributed by atoms with van der Waals surface area (Å²) in [7, 11) is 0. The second-order valence-electron chi connectivity index (χ2n) is 4.33. The lowest BCUT2D eigenvalue weighted by molar-refractivity contribution is 0.157. The summed E-state index contributed by atoms with van der Waals surface area (Å²) in [5.41, 5.74) is 2.11. The molecule has 3 nitrogen and oxygen atoms in total. The highest BCUT2D eigenvalue weighted by Crippen LogP contribution is 2.23. The van der Waals surface area contributed by atoms with Crippen LogP contribution in [0.15, 0.2) is 0 Å². The minimum atomic E-state index is -0.183. The zero-order chi connectivity index (χ0) is 12.8. The zero-order valence-electron chi connectivity index (χ0n) is 11.0. The van der Waals surface area contributed by atoms with E-state index in [2.05, 4.69) is 18.9 Å². The molecule has 1 unspecified atom stereocenters. The molecule has 1 heterocycles. The smallest absolute Gasteiger partial charge is 0.0849 e. The third-order valence-electron chi connectivity index (χ3n) is 3.12. The normalized spacial score (nSPS) is 13.0. The predicted molar refractivity (Wildman–Crippen MR) is 71.5 cm³/mol. The summed E-state index contributed by atoms with van der Waals surface area (Å²) in [5, 5.41) is 14.8. The molecule has 0 saturated carbocycles. The van der Waals surface area contributed by atoms with Crippen LogP contribution in [0.25, 0.3) is 0 Å². The third-order valence-corrected chi connectivity index (χ3v) is 3.55. The lowest BCUT2D eigenvalue weighted by Crippen LogP contribution is -2.07. The van der Waals surface area contributed by atoms with E-state index in [4.69, 9.17) is 11.6 Å². The molecule has 0 aliphatic heterocycles. The van der Waals surface area contributed by atoms with Crippen LogP contribution < -0.4 is 0 Å². The Morgan fingerprint density at radius 2 is 2.06 bits per heavy atom. The molecule has 17 heavy (non-hydrogen) atoms. The summed E-state index contributed by atoms with van der Waals surface area (Å²) in [4.78, 5) is 0. The van der Waals surface area contributed by atoms with Gasteiger partial charge in [0.15, 0.2) is 0 Å². The maximum absolute atomic E-state index is 9.53. The van der Waals surface area contributed by atoms with E-state index in [9.17, 15) is 5.11 Å². The molecule has 1 N–H and O–H groups in total. The van der Waals surface area contributed by atoms with Gasteiger partial charge in [0.2, 0.25) is 0 Å². The van der Waals surface area contributed by atoms with Gasteiger partial charge < -0.3 is 5.11 Å². The first-order valence-corrected chi connectivity index (χ1v) is 6.93. The van der Waals surface area contributed by atoms with E-state index >= 15 is 0 Å². The van der Waals surface area contributed by atoms with Gasteiger partial charge in [0.1, 0.15) is 0 Å². The van der Waals surface area contributed by atoms with E-state index in [1.54, 1.807) is 0 Å². The fourth-order valence-corrected chi connectivity index (χ4v) is 2.33. The number of aliphatic hydroxyl groups is 1. The Bertz CT molecular complexity index is 349. The molecule has 0 bridgehead atoms. The van der Waals surface area contributed by atoms with E-state index in [0.717, 1.165) is 55.1 Å². The first-order chi connectivity index (χ1) is 8.13. The number of hydrogen-bond donors (Lipinski definition) is 1. The molecule has 0 amide bonds. The van der Waals surface area contributed by atoms with Gasteiger partial charge >= 0.3 is 0 Å². The standard InChI is InChI=1S/C13H23ClN2O/c1-4-10(17)8-7-9-12-13(14)11(5-2)15-16(12)6-3/h10,17H,4-9H2,1-3H3. The van der Waals surface area contributed by atoms with E-state index in [1.165, 1.54) is 0 Å². The number of aryl methyl sites for hydroxylation is 2. The van der Waals surface area contributed by atoms with Gasteiger partial charge in [-0.15, -0.1) is 0 Å². The summed E-state index contributed by atoms with van der Waals surface area (Å²) in [6, 6.07) is 0. The Hall–Kier alpha value is -0.540. The number of nitrogens with zero attached hydrogens (tertiary/aromatic N) is 2. The summed E-state index contributed by atoms with van der Waals surface area (Å²) in [6.07, 6.45) is 4.21. The highest BCUT2D eigenvalue weighted by molar-refractivity contribution is 6.31. The third kappa shape index (κ3) is 3.71. The van der Waals surface area contributed by atoms with Crippen molar-refractivity contribution in [1.82, 2.24) is 9.78 Å². The average molecular weight is 259 g/mol. The van der Waals surface area contributed by atoms with Gasteiger partial charge in [0.25, 0.3) is 0 Å². The van der Waals surface area contributed by atoms with Crippen molar-refractivity contribution in [2.75, 3.05) is 0 Å². The van der Waals surface area contributed by atoms with Gasteiger partial charge in [0.05, 0.1) is 22.5 Å². The molecule has 0 aliphatic carbocycles. The summed E-state index contributed by atoms with van der Waals surface area (Å²) in [5.74, 6) is 0. The Morgan fingerprint density at radius 3 is 2.59 bits per heavy atom. The lowest BCUT2D eigenvalue weighted by atomic mass is 10.1. The number of rotatable bonds is 7. The van der Waals surface area contributed by atoms with Crippen LogP contribution in [-0.2, 0) is 19.4 Å². The zero-order valence-corrected chi connectivity index (χ0v) is 11.8. The minimum Gasteiger partial charge on any atom is -0.393 e. The van der Waals surface area contributed by atoms with E-state index in [-0.39, 0.29) is 6.10 Å². The molecule has 1 rings (SSSR count). The number of hydrogen-bond acceptors (Lipinski definition) is 2. The molecule has 4 heteroatoms. The molecule has 0 fully saturated rings. The molecule has 1 atom stereocenters. The topological polar surface area (TPSA) is 38.0 Å². The quantitative estimate of drug-likeness (QED) is 0.816. The predicted octanol–water partition coefficient (Wildman–Crippen LogP) is 3.21. The van der Waals surface area contributed by atoms with Gasteiger partial charge in [-0.25, -0.2) is 0 Å². The Morgan fingerprint density at radius 1 is 1.35 bits per heavy atom. The summed E-state index contributed by atoms with van der Waals surface area (Å²) >= 11 is 6.31. The summed E-state index contributed by atoms with van der Waals surface area (Å²) in [6.45, 7) is 7.00. The van der Waals surface area contributed by atoms with Crippen LogP contribution in [0.3, 0.4) is 0 Å². The average Bonchev–Trinajstić information content (AvgIpc) is 2.65. The Kier molecular flexibility index (Phi) is 6.00. The first-order valence-electron chi connectivity index (χ1n) is 6.56. The fraction of sp³-hybridized carbons (Fsp3) is 0.769. The highest BCUT2D eigenvalue weighted by atomic mass is 35.5. The van der Waals surface area contributed by atoms with Crippen LogP contribution in [0.5, 0.6) is 0 Å². The van der Waals surface area contributed by atoms with Crippen LogP contribution in [-0.4, -0.2) is 21.0 Å². The SMILES string of the molecule is CCc1nn(CC)c(CCCC(O)CC)c1Cl. The van der Waals surface area contributed by atoms with Crippen molar-refractivity contribution in [3.05, 3.63) is 16.4 Å². The van der Waals surface area contributed by atoms with Crippen molar-refractivity contribution in [1.29, 1.82) is 0 Å². The summed E-state index contributed by atoms with van der Waals surface area (Å²) < 4.78 is 1.99. The Balaban J connectivity index is 2.66. The molecule has 0 saturated heterocycles. The second kappa shape index (κ2) is 7.02. The fourth-order valence-electron chi connectivity index (χ4n) is 1.97. The van der Waals surface area contributed by atoms with Crippen LogP contribution in [0.4, 0.5) is 0 Å². The van der Waals surface area contributed by atoms with Crippen molar-refractivity contribution in [3.8, 4) is 0 Å². The molecular formula is C13H23ClN2O. The van der Waals surface area contributed by atoms with Gasteiger partial charge in [0, 0.05) is 6.54 Å². The molecule has 0 spiro atoms. The van der Waals surface area contributed by atoms with Crippen molar-refractivity contribution in [2.24, 2.45) is 0 Å². The van der Waals surface area contributed by atoms with E-state index in [1.807, 2.05) is 11.6 Å². The van der Waals surface area contributed by atoms with Crippen molar-refractivity contribution >= 4 is 11.6 Å². The van der Waals surface area contributed by atoms with Gasteiger partial charge in [-0.2, -0.15) is 5.10 Å². The van der Waals surface area contributed by atoms with Crippen LogP contribution in [0.2, 0.25) is 5.02 Å². The molecule has 0 aliphatic rings. The molecule has 1 aromatic heterocycles. The molecule has 0 radical (unpaired) electrons. The van der Waals surface area contributed by atoms with Gasteiger partial charge in [-0.05, 0) is 39.0 Å². The van der Waals surface area contributed by atoms with Crippen molar-refractivity contribution < 1.29 is 5.11 Å². The second-order valence-corrected chi connectivity index (χ2v) is 4.71. The maximum Gasteiger partial charge on any atom is 0.0849 e. The molecule has 1 aromatic rings. The maximum atomic E-state index is 9.53. The lowest BCUT2D eigenvalue weighted by Gasteiger charge is -2.08. The highest BCUT2D eigenvalue weighted by Gasteiger charge is 2.14. The van der Waals surface area contributed by atoms with E-state index in [0.29, 0.717) is 0 Å². The van der Waals surface area contributed by atoms with Crippen LogP contribution in [0.1, 0.15) is 51.4 Å². The van der Waals surface area contributed by atoms with Crippen LogP contribution >= 0.6 is 11.6 Å². The number of aliphatic hydroxyl groups excluding tert-OH is 1. The van der Waals surface area contributed by atoms with Crippen molar-refractivity contribution in [2.45, 2.75) is 65.5 Å². The molecule has 0 aromatic carbocycles.